The van der Waals surface area contributed by atoms with E-state index in [0.29, 0.717) is 5.41 Å². The van der Waals surface area contributed by atoms with Crippen molar-refractivity contribution in [1.82, 2.24) is 0 Å². The Hall–Kier alpha value is -0.780. The molecule has 0 aromatic heterocycles. The van der Waals surface area contributed by atoms with Crippen molar-refractivity contribution in [3.63, 3.8) is 0 Å². The fraction of sp³-hybridized carbons (Fsp3) is 0.829. The van der Waals surface area contributed by atoms with Gasteiger partial charge in [0.2, 0.25) is 0 Å². The largest absolute Gasteiger partial charge is 0.103 e. The highest BCUT2D eigenvalue weighted by molar-refractivity contribution is 5.19. The van der Waals surface area contributed by atoms with Crippen LogP contribution in [0.1, 0.15) is 155 Å². The van der Waals surface area contributed by atoms with E-state index in [-0.39, 0.29) is 0 Å². The number of hydrogen-bond acceptors (Lipinski definition) is 0. The number of rotatable bonds is 15. The molecule has 3 aliphatic carbocycles. The minimum Gasteiger partial charge on any atom is -0.103 e. The first-order valence-corrected chi connectivity index (χ1v) is 16.2. The van der Waals surface area contributed by atoms with Crippen molar-refractivity contribution in [2.75, 3.05) is 0 Å². The van der Waals surface area contributed by atoms with Crippen LogP contribution in [0.3, 0.4) is 0 Å². The summed E-state index contributed by atoms with van der Waals surface area (Å²) >= 11 is 0. The predicted octanol–water partition coefficient (Wildman–Crippen LogP) is 11.8. The van der Waals surface area contributed by atoms with Crippen molar-refractivity contribution in [2.45, 2.75) is 155 Å². The molecule has 3 aliphatic rings. The van der Waals surface area contributed by atoms with Gasteiger partial charge in [-0.05, 0) is 99.7 Å². The van der Waals surface area contributed by atoms with Gasteiger partial charge in [0.05, 0.1) is 0 Å². The van der Waals surface area contributed by atoms with Crippen molar-refractivity contribution in [3.8, 4) is 0 Å². The summed E-state index contributed by atoms with van der Waals surface area (Å²) in [5.74, 6) is 3.27. The second-order valence-electron chi connectivity index (χ2n) is 12.8. The van der Waals surface area contributed by atoms with Crippen LogP contribution in [-0.2, 0) is 0 Å². The van der Waals surface area contributed by atoms with Crippen molar-refractivity contribution in [1.29, 1.82) is 0 Å². The summed E-state index contributed by atoms with van der Waals surface area (Å²) < 4.78 is 0. The van der Waals surface area contributed by atoms with Crippen LogP contribution in [0.25, 0.3) is 0 Å². The molecule has 0 amide bonds. The van der Waals surface area contributed by atoms with Crippen LogP contribution >= 0.6 is 0 Å². The van der Waals surface area contributed by atoms with E-state index in [0.717, 1.165) is 23.7 Å². The van der Waals surface area contributed by atoms with Crippen LogP contribution in [-0.4, -0.2) is 0 Å². The van der Waals surface area contributed by atoms with Crippen LogP contribution in [0.15, 0.2) is 37.0 Å². The lowest BCUT2D eigenvalue weighted by Gasteiger charge is -2.45. The molecule has 0 nitrogen and oxygen atoms in total. The second-order valence-corrected chi connectivity index (χ2v) is 12.8. The Labute approximate surface area is 220 Å². The van der Waals surface area contributed by atoms with Gasteiger partial charge >= 0.3 is 0 Å². The average molecular weight is 481 g/mol. The Balaban J connectivity index is 1.50. The highest BCUT2D eigenvalue weighted by atomic mass is 14.4. The first-order chi connectivity index (χ1) is 17.2. The average Bonchev–Trinajstić information content (AvgIpc) is 2.91. The maximum absolute atomic E-state index is 4.94. The summed E-state index contributed by atoms with van der Waals surface area (Å²) in [5.41, 5.74) is 2.17. The van der Waals surface area contributed by atoms with Gasteiger partial charge in [-0.2, -0.15) is 0 Å². The quantitative estimate of drug-likeness (QED) is 0.161. The SMILES string of the molecule is C=CC1CCC(CC/C=C/C2CCCCC2C(=C)C2(CCCCCCCCC)CCCCC2)CC1. The van der Waals surface area contributed by atoms with E-state index in [1.807, 2.05) is 0 Å². The highest BCUT2D eigenvalue weighted by Gasteiger charge is 2.39. The van der Waals surface area contributed by atoms with Crippen LogP contribution in [0.2, 0.25) is 0 Å². The van der Waals surface area contributed by atoms with Crippen molar-refractivity contribution < 1.29 is 0 Å². The van der Waals surface area contributed by atoms with Crippen LogP contribution in [0.4, 0.5) is 0 Å². The standard InChI is InChI=1S/C35H60/c1-4-6-7-8-9-10-16-27-35(28-17-11-18-29-35)30(3)34-22-15-14-21-33(34)20-13-12-19-32-25-23-31(5-2)24-26-32/h5,13,20,31-34H,2-4,6-12,14-19,21-29H2,1H3/b20-13+. The molecule has 3 fully saturated rings. The minimum absolute atomic E-state index is 0.472. The van der Waals surface area contributed by atoms with Gasteiger partial charge in [-0.1, -0.05) is 114 Å². The smallest absolute Gasteiger partial charge is 0.00878 e. The van der Waals surface area contributed by atoms with E-state index in [9.17, 15) is 0 Å². The second kappa shape index (κ2) is 16.1. The number of allylic oxidation sites excluding steroid dienone is 4. The van der Waals surface area contributed by atoms with Gasteiger partial charge in [0, 0.05) is 0 Å². The first kappa shape index (κ1) is 28.8. The number of hydrogen-bond donors (Lipinski definition) is 0. The zero-order chi connectivity index (χ0) is 24.8. The molecule has 2 atom stereocenters. The highest BCUT2D eigenvalue weighted by Crippen LogP contribution is 2.52. The van der Waals surface area contributed by atoms with Crippen LogP contribution < -0.4 is 0 Å². The van der Waals surface area contributed by atoms with Crippen LogP contribution in [0, 0.1) is 29.1 Å². The van der Waals surface area contributed by atoms with Gasteiger partial charge in [0.1, 0.15) is 0 Å². The van der Waals surface area contributed by atoms with E-state index in [1.54, 1.807) is 5.57 Å². The fourth-order valence-corrected chi connectivity index (χ4v) is 7.91. The van der Waals surface area contributed by atoms with Gasteiger partial charge in [-0.15, -0.1) is 6.58 Å². The van der Waals surface area contributed by atoms with Crippen molar-refractivity contribution >= 4 is 0 Å². The predicted molar refractivity (Wildman–Crippen MR) is 157 cm³/mol. The molecule has 3 saturated carbocycles. The van der Waals surface area contributed by atoms with E-state index in [2.05, 4.69) is 31.7 Å². The Morgan fingerprint density at radius 1 is 0.800 bits per heavy atom. The van der Waals surface area contributed by atoms with E-state index < -0.39 is 0 Å². The molecular weight excluding hydrogens is 420 g/mol. The summed E-state index contributed by atoms with van der Waals surface area (Å²) in [6, 6.07) is 0. The molecule has 200 valence electrons. The van der Waals surface area contributed by atoms with E-state index in [4.69, 9.17) is 6.58 Å². The first-order valence-electron chi connectivity index (χ1n) is 16.2. The lowest BCUT2D eigenvalue weighted by molar-refractivity contribution is 0.172. The molecule has 0 radical (unpaired) electrons. The zero-order valence-corrected chi connectivity index (χ0v) is 23.7. The zero-order valence-electron chi connectivity index (χ0n) is 23.7. The number of unbranched alkanes of at least 4 members (excludes halogenated alkanes) is 6. The maximum Gasteiger partial charge on any atom is -0.00878 e. The van der Waals surface area contributed by atoms with Gasteiger partial charge in [-0.25, -0.2) is 0 Å². The molecule has 35 heavy (non-hydrogen) atoms. The molecule has 0 heteroatoms. The summed E-state index contributed by atoms with van der Waals surface area (Å²) in [4.78, 5) is 0. The Bertz CT molecular complexity index is 610. The molecule has 0 spiro atoms. The molecule has 0 aromatic carbocycles. The maximum atomic E-state index is 4.94. The Morgan fingerprint density at radius 2 is 1.49 bits per heavy atom. The lowest BCUT2D eigenvalue weighted by Crippen LogP contribution is -2.33. The third-order valence-corrected chi connectivity index (χ3v) is 10.4. The monoisotopic (exact) mass is 480 g/mol. The fourth-order valence-electron chi connectivity index (χ4n) is 7.91. The summed E-state index contributed by atoms with van der Waals surface area (Å²) in [7, 11) is 0. The van der Waals surface area contributed by atoms with E-state index >= 15 is 0 Å². The molecule has 0 saturated heterocycles. The third kappa shape index (κ3) is 9.23. The van der Waals surface area contributed by atoms with Gasteiger partial charge in [-0.3, -0.25) is 0 Å². The molecule has 0 heterocycles. The third-order valence-electron chi connectivity index (χ3n) is 10.4. The van der Waals surface area contributed by atoms with Crippen molar-refractivity contribution in [3.05, 3.63) is 37.0 Å². The Kier molecular flexibility index (Phi) is 13.3. The molecular formula is C35H60. The molecule has 0 N–H and O–H groups in total. The topological polar surface area (TPSA) is 0 Å². The van der Waals surface area contributed by atoms with Gasteiger partial charge in [0.25, 0.3) is 0 Å². The van der Waals surface area contributed by atoms with Gasteiger partial charge < -0.3 is 0 Å². The normalized spacial score (nSPS) is 29.3. The Morgan fingerprint density at radius 3 is 2.20 bits per heavy atom. The lowest BCUT2D eigenvalue weighted by atomic mass is 9.60. The molecule has 0 aliphatic heterocycles. The van der Waals surface area contributed by atoms with Crippen molar-refractivity contribution in [2.24, 2.45) is 29.1 Å². The van der Waals surface area contributed by atoms with E-state index in [1.165, 1.54) is 148 Å². The molecule has 0 bridgehead atoms. The summed E-state index contributed by atoms with van der Waals surface area (Å²) in [5, 5.41) is 0. The van der Waals surface area contributed by atoms with Gasteiger partial charge in [0.15, 0.2) is 0 Å². The molecule has 3 rings (SSSR count). The summed E-state index contributed by atoms with van der Waals surface area (Å²) in [6.45, 7) is 11.3. The van der Waals surface area contributed by atoms with Crippen LogP contribution in [0.5, 0.6) is 0 Å². The minimum atomic E-state index is 0.472. The molecule has 0 aromatic rings. The molecule has 2 unspecified atom stereocenters. The summed E-state index contributed by atoms with van der Waals surface area (Å²) in [6.07, 6.45) is 40.0.